The summed E-state index contributed by atoms with van der Waals surface area (Å²) in [6, 6.07) is 3.12. The van der Waals surface area contributed by atoms with Crippen molar-refractivity contribution in [2.24, 2.45) is 0 Å². The number of alkyl halides is 2. The van der Waals surface area contributed by atoms with Gasteiger partial charge in [0.15, 0.2) is 5.54 Å². The zero-order chi connectivity index (χ0) is 14.8. The molecule has 0 aliphatic carbocycles. The first-order chi connectivity index (χ1) is 8.57. The summed E-state index contributed by atoms with van der Waals surface area (Å²) < 4.78 is 41.4. The van der Waals surface area contributed by atoms with Crippen LogP contribution in [0.3, 0.4) is 0 Å². The highest BCUT2D eigenvalue weighted by Gasteiger charge is 2.45. The van der Waals surface area contributed by atoms with Gasteiger partial charge in [-0.2, -0.15) is 0 Å². The molecule has 0 unspecified atom stereocenters. The van der Waals surface area contributed by atoms with Crippen LogP contribution in [0.1, 0.15) is 33.4 Å². The average molecular weight is 355 g/mol. The maximum Gasteiger partial charge on any atom is 0.266 e. The van der Waals surface area contributed by atoms with E-state index in [9.17, 15) is 13.3 Å². The van der Waals surface area contributed by atoms with Crippen LogP contribution in [0.25, 0.3) is 0 Å². The monoisotopic (exact) mass is 354 g/mol. The third-order valence-electron chi connectivity index (χ3n) is 2.56. The maximum atomic E-state index is 13.4. The standard InChI is InChI=1S/C12H17BrF2N2OS/c1-11(2,3)19(18)17-12(4,10(14)15)9-6-5-8(13)7-16-9/h5-7,10,17H,1-4H3/t12-,19-/m0/s1. The molecule has 1 aromatic heterocycles. The number of rotatable bonds is 4. The molecule has 1 heterocycles. The van der Waals surface area contributed by atoms with E-state index in [1.54, 1.807) is 26.8 Å². The topological polar surface area (TPSA) is 48.0 Å². The Morgan fingerprint density at radius 1 is 1.32 bits per heavy atom. The normalized spacial score (nSPS) is 17.3. The van der Waals surface area contributed by atoms with Crippen LogP contribution in [-0.4, -0.2) is 20.7 Å². The second-order valence-corrected chi connectivity index (χ2v) is 8.23. The fourth-order valence-corrected chi connectivity index (χ4v) is 2.36. The number of nitrogens with one attached hydrogen (secondary N) is 1. The number of hydrogen-bond acceptors (Lipinski definition) is 3. The van der Waals surface area contributed by atoms with E-state index in [0.29, 0.717) is 4.47 Å². The molecule has 19 heavy (non-hydrogen) atoms. The molecule has 0 aromatic carbocycles. The van der Waals surface area contributed by atoms with E-state index in [0.717, 1.165) is 0 Å². The lowest BCUT2D eigenvalue weighted by Gasteiger charge is -2.33. The Labute approximate surface area is 123 Å². The maximum absolute atomic E-state index is 13.4. The molecule has 0 fully saturated rings. The van der Waals surface area contributed by atoms with E-state index in [2.05, 4.69) is 25.6 Å². The molecule has 108 valence electrons. The van der Waals surface area contributed by atoms with Gasteiger partial charge in [0.25, 0.3) is 6.43 Å². The summed E-state index contributed by atoms with van der Waals surface area (Å²) in [6.07, 6.45) is -1.29. The molecule has 1 N–H and O–H groups in total. The van der Waals surface area contributed by atoms with Gasteiger partial charge >= 0.3 is 0 Å². The molecule has 7 heteroatoms. The SMILES string of the molecule is CC(C)(C)[S@+]([O-])N[C@@](C)(c1ccc(Br)cn1)C(F)F. The second kappa shape index (κ2) is 6.03. The Bertz CT molecular complexity index is 425. The Morgan fingerprint density at radius 2 is 1.89 bits per heavy atom. The Hall–Kier alpha value is -0.240. The lowest BCUT2D eigenvalue weighted by molar-refractivity contribution is 0.0495. The number of nitrogens with zero attached hydrogens (tertiary/aromatic N) is 1. The second-order valence-electron chi connectivity index (χ2n) is 5.35. The molecule has 2 atom stereocenters. The van der Waals surface area contributed by atoms with Gasteiger partial charge in [-0.25, -0.2) is 8.78 Å². The lowest BCUT2D eigenvalue weighted by Crippen LogP contribution is -2.53. The van der Waals surface area contributed by atoms with E-state index in [1.807, 2.05) is 0 Å². The minimum absolute atomic E-state index is 0.156. The molecule has 0 radical (unpaired) electrons. The quantitative estimate of drug-likeness (QED) is 0.843. The molecule has 1 aromatic rings. The summed E-state index contributed by atoms with van der Waals surface area (Å²) in [5, 5.41) is 0. The first kappa shape index (κ1) is 16.8. The predicted octanol–water partition coefficient (Wildman–Crippen LogP) is 3.38. The van der Waals surface area contributed by atoms with E-state index < -0.39 is 28.1 Å². The molecule has 0 aliphatic heterocycles. The number of pyridine rings is 1. The highest BCUT2D eigenvalue weighted by atomic mass is 79.9. The van der Waals surface area contributed by atoms with Crippen molar-refractivity contribution < 1.29 is 13.3 Å². The van der Waals surface area contributed by atoms with Crippen molar-refractivity contribution in [2.75, 3.05) is 0 Å². The Balaban J connectivity index is 3.07. The van der Waals surface area contributed by atoms with E-state index in [4.69, 9.17) is 0 Å². The van der Waals surface area contributed by atoms with Crippen LogP contribution in [0.2, 0.25) is 0 Å². The Morgan fingerprint density at radius 3 is 2.26 bits per heavy atom. The van der Waals surface area contributed by atoms with E-state index >= 15 is 0 Å². The van der Waals surface area contributed by atoms with Gasteiger partial charge in [-0.15, -0.1) is 4.72 Å². The molecule has 0 saturated heterocycles. The van der Waals surface area contributed by atoms with Gasteiger partial charge in [0.1, 0.15) is 4.75 Å². The minimum atomic E-state index is -2.73. The number of hydrogen-bond donors (Lipinski definition) is 1. The van der Waals surface area contributed by atoms with Gasteiger partial charge in [-0.3, -0.25) is 4.98 Å². The lowest BCUT2D eigenvalue weighted by atomic mass is 9.99. The summed E-state index contributed by atoms with van der Waals surface area (Å²) in [6.45, 7) is 6.46. The third-order valence-corrected chi connectivity index (χ3v) is 4.75. The number of halogens is 3. The zero-order valence-electron chi connectivity index (χ0n) is 11.2. The van der Waals surface area contributed by atoms with Crippen LogP contribution in [0.15, 0.2) is 22.8 Å². The van der Waals surface area contributed by atoms with Gasteiger partial charge < -0.3 is 4.55 Å². The summed E-state index contributed by atoms with van der Waals surface area (Å²) in [7, 11) is 0. The molecule has 0 amide bonds. The van der Waals surface area contributed by atoms with Gasteiger partial charge in [0.2, 0.25) is 0 Å². The molecular weight excluding hydrogens is 338 g/mol. The average Bonchev–Trinajstić information content (AvgIpc) is 2.28. The van der Waals surface area contributed by atoms with Crippen molar-refractivity contribution in [1.82, 2.24) is 9.71 Å². The van der Waals surface area contributed by atoms with Gasteiger partial charge in [0, 0.05) is 22.0 Å². The minimum Gasteiger partial charge on any atom is -0.598 e. The summed E-state index contributed by atoms with van der Waals surface area (Å²) in [4.78, 5) is 3.98. The molecular formula is C12H17BrF2N2OS. The van der Waals surface area contributed by atoms with Crippen molar-refractivity contribution in [3.05, 3.63) is 28.5 Å². The molecule has 0 bridgehead atoms. The first-order valence-corrected chi connectivity index (χ1v) is 7.61. The number of aromatic nitrogens is 1. The van der Waals surface area contributed by atoms with Crippen LogP contribution >= 0.6 is 15.9 Å². The molecule has 3 nitrogen and oxygen atoms in total. The largest absolute Gasteiger partial charge is 0.598 e. The highest BCUT2D eigenvalue weighted by molar-refractivity contribution is 9.10. The molecule has 0 saturated carbocycles. The molecule has 0 aliphatic rings. The predicted molar refractivity (Wildman–Crippen MR) is 76.3 cm³/mol. The van der Waals surface area contributed by atoms with Crippen molar-refractivity contribution >= 4 is 27.3 Å². The van der Waals surface area contributed by atoms with Crippen LogP contribution in [-0.2, 0) is 16.9 Å². The smallest absolute Gasteiger partial charge is 0.266 e. The van der Waals surface area contributed by atoms with Crippen molar-refractivity contribution in [3.8, 4) is 0 Å². The molecule has 0 spiro atoms. The fraction of sp³-hybridized carbons (Fsp3) is 0.583. The van der Waals surface area contributed by atoms with Crippen molar-refractivity contribution in [1.29, 1.82) is 0 Å². The van der Waals surface area contributed by atoms with Gasteiger partial charge in [0.05, 0.1) is 5.69 Å². The first-order valence-electron chi connectivity index (χ1n) is 5.67. The van der Waals surface area contributed by atoms with Gasteiger partial charge in [-0.1, -0.05) is 0 Å². The summed E-state index contributed by atoms with van der Waals surface area (Å²) >= 11 is 1.59. The van der Waals surface area contributed by atoms with Gasteiger partial charge in [-0.05, 0) is 55.8 Å². The third kappa shape index (κ3) is 4.11. The van der Waals surface area contributed by atoms with Crippen LogP contribution in [0.5, 0.6) is 0 Å². The van der Waals surface area contributed by atoms with E-state index in [1.165, 1.54) is 19.2 Å². The molecule has 1 rings (SSSR count). The highest BCUT2D eigenvalue weighted by Crippen LogP contribution is 2.30. The summed E-state index contributed by atoms with van der Waals surface area (Å²) in [5.41, 5.74) is -1.60. The van der Waals surface area contributed by atoms with Crippen LogP contribution in [0.4, 0.5) is 8.78 Å². The van der Waals surface area contributed by atoms with Crippen molar-refractivity contribution in [3.63, 3.8) is 0 Å². The van der Waals surface area contributed by atoms with Crippen LogP contribution in [0, 0.1) is 0 Å². The Kier molecular flexibility index (Phi) is 5.34. The fourth-order valence-electron chi connectivity index (χ4n) is 1.24. The van der Waals surface area contributed by atoms with Crippen LogP contribution < -0.4 is 4.72 Å². The van der Waals surface area contributed by atoms with Crippen molar-refractivity contribution in [2.45, 2.75) is 44.4 Å². The summed E-state index contributed by atoms with van der Waals surface area (Å²) in [5.74, 6) is 0. The van der Waals surface area contributed by atoms with E-state index in [-0.39, 0.29) is 5.69 Å². The zero-order valence-corrected chi connectivity index (χ0v) is 13.6.